The minimum Gasteiger partial charge on any atom is -0.324 e. The summed E-state index contributed by atoms with van der Waals surface area (Å²) < 4.78 is 1.91. The fourth-order valence-corrected chi connectivity index (χ4v) is 2.44. The first-order valence-corrected chi connectivity index (χ1v) is 7.01. The quantitative estimate of drug-likeness (QED) is 0.934. The summed E-state index contributed by atoms with van der Waals surface area (Å²) in [5.41, 5.74) is 9.12. The number of aromatic nitrogens is 2. The number of hydrogen-bond acceptors (Lipinski definition) is 2. The van der Waals surface area contributed by atoms with E-state index < -0.39 is 0 Å². The van der Waals surface area contributed by atoms with Crippen molar-refractivity contribution in [3.8, 4) is 0 Å². The summed E-state index contributed by atoms with van der Waals surface area (Å²) in [7, 11) is 0. The minimum atomic E-state index is -0.115. The molecule has 2 rings (SSSR count). The topological polar surface area (TPSA) is 43.8 Å². The minimum absolute atomic E-state index is 0.115. The lowest BCUT2D eigenvalue weighted by Crippen LogP contribution is -2.16. The maximum Gasteiger partial charge on any atom is 0.0847 e. The Labute approximate surface area is 123 Å². The molecule has 0 amide bonds. The molecule has 2 N–H and O–H groups in total. The average molecular weight is 298 g/mol. The molecule has 1 aromatic carbocycles. The summed E-state index contributed by atoms with van der Waals surface area (Å²) in [4.78, 5) is 0. The lowest BCUT2D eigenvalue weighted by atomic mass is 10.0. The van der Waals surface area contributed by atoms with Crippen molar-refractivity contribution in [1.82, 2.24) is 9.78 Å². The molecule has 0 bridgehead atoms. The van der Waals surface area contributed by atoms with Crippen LogP contribution in [0.2, 0.25) is 10.0 Å². The van der Waals surface area contributed by atoms with Crippen molar-refractivity contribution in [3.63, 3.8) is 0 Å². The SMILES string of the molecule is CCn1nc(C)c(Cl)c1CC(N)c1ccc(Cl)cc1. The van der Waals surface area contributed by atoms with E-state index in [9.17, 15) is 0 Å². The van der Waals surface area contributed by atoms with Crippen LogP contribution in [-0.4, -0.2) is 9.78 Å². The van der Waals surface area contributed by atoms with Gasteiger partial charge in [0.25, 0.3) is 0 Å². The van der Waals surface area contributed by atoms with Crippen molar-refractivity contribution < 1.29 is 0 Å². The van der Waals surface area contributed by atoms with Gasteiger partial charge < -0.3 is 5.73 Å². The second kappa shape index (κ2) is 5.95. The van der Waals surface area contributed by atoms with Crippen molar-refractivity contribution in [2.75, 3.05) is 0 Å². The average Bonchev–Trinajstić information content (AvgIpc) is 2.67. The second-order valence-electron chi connectivity index (χ2n) is 4.52. The molecule has 19 heavy (non-hydrogen) atoms. The first-order chi connectivity index (χ1) is 9.02. The first-order valence-electron chi connectivity index (χ1n) is 6.25. The summed E-state index contributed by atoms with van der Waals surface area (Å²) >= 11 is 12.2. The molecule has 0 fully saturated rings. The molecular formula is C14H17Cl2N3. The van der Waals surface area contributed by atoms with Crippen LogP contribution in [0.1, 0.15) is 29.9 Å². The van der Waals surface area contributed by atoms with Crippen molar-refractivity contribution >= 4 is 23.2 Å². The zero-order chi connectivity index (χ0) is 14.0. The predicted molar refractivity (Wildman–Crippen MR) is 79.7 cm³/mol. The van der Waals surface area contributed by atoms with Gasteiger partial charge >= 0.3 is 0 Å². The number of aryl methyl sites for hydroxylation is 2. The van der Waals surface area contributed by atoms with Crippen molar-refractivity contribution in [2.45, 2.75) is 32.9 Å². The first kappa shape index (κ1) is 14.4. The number of hydrogen-bond donors (Lipinski definition) is 1. The Balaban J connectivity index is 2.23. The van der Waals surface area contributed by atoms with Crippen LogP contribution in [0.15, 0.2) is 24.3 Å². The molecule has 102 valence electrons. The molecule has 0 aliphatic rings. The molecule has 3 nitrogen and oxygen atoms in total. The molecule has 1 unspecified atom stereocenters. The molecule has 2 aromatic rings. The van der Waals surface area contributed by atoms with Gasteiger partial charge in [-0.05, 0) is 31.5 Å². The summed E-state index contributed by atoms with van der Waals surface area (Å²) in [6, 6.07) is 7.47. The van der Waals surface area contributed by atoms with Crippen LogP contribution in [0.3, 0.4) is 0 Å². The van der Waals surface area contributed by atoms with Crippen LogP contribution in [0, 0.1) is 6.92 Å². The zero-order valence-corrected chi connectivity index (χ0v) is 12.5. The Morgan fingerprint density at radius 2 is 1.89 bits per heavy atom. The van der Waals surface area contributed by atoms with Crippen LogP contribution in [0.5, 0.6) is 0 Å². The highest BCUT2D eigenvalue weighted by atomic mass is 35.5. The molecule has 1 heterocycles. The van der Waals surface area contributed by atoms with Gasteiger partial charge in [0, 0.05) is 24.0 Å². The van der Waals surface area contributed by atoms with E-state index in [1.807, 2.05) is 42.8 Å². The van der Waals surface area contributed by atoms with Gasteiger partial charge in [-0.3, -0.25) is 4.68 Å². The molecule has 0 aliphatic carbocycles. The van der Waals surface area contributed by atoms with Crippen LogP contribution >= 0.6 is 23.2 Å². The van der Waals surface area contributed by atoms with Crippen molar-refractivity contribution in [3.05, 3.63) is 51.3 Å². The van der Waals surface area contributed by atoms with Gasteiger partial charge in [-0.25, -0.2) is 0 Å². The third-order valence-corrected chi connectivity index (χ3v) is 3.91. The van der Waals surface area contributed by atoms with Crippen molar-refractivity contribution in [1.29, 1.82) is 0 Å². The smallest absolute Gasteiger partial charge is 0.0847 e. The molecule has 5 heteroatoms. The fraction of sp³-hybridized carbons (Fsp3) is 0.357. The highest BCUT2D eigenvalue weighted by Crippen LogP contribution is 2.25. The number of rotatable bonds is 4. The second-order valence-corrected chi connectivity index (χ2v) is 5.34. The standard InChI is InChI=1S/C14H17Cl2N3/c1-3-19-13(14(16)9(2)18-19)8-12(17)10-4-6-11(15)7-5-10/h4-7,12H,3,8,17H2,1-2H3. The highest BCUT2D eigenvalue weighted by molar-refractivity contribution is 6.31. The van der Waals surface area contributed by atoms with E-state index in [1.54, 1.807) is 0 Å². The lowest BCUT2D eigenvalue weighted by Gasteiger charge is -2.13. The molecule has 1 atom stereocenters. The highest BCUT2D eigenvalue weighted by Gasteiger charge is 2.16. The summed E-state index contributed by atoms with van der Waals surface area (Å²) in [5, 5.41) is 5.82. The molecule has 0 aliphatic heterocycles. The van der Waals surface area contributed by atoms with Gasteiger partial charge in [-0.2, -0.15) is 5.10 Å². The summed E-state index contributed by atoms with van der Waals surface area (Å²) in [6.07, 6.45) is 0.662. The van der Waals surface area contributed by atoms with Crippen LogP contribution in [0.4, 0.5) is 0 Å². The van der Waals surface area contributed by atoms with E-state index >= 15 is 0 Å². The number of nitrogens with zero attached hydrogens (tertiary/aromatic N) is 2. The zero-order valence-electron chi connectivity index (χ0n) is 11.0. The van der Waals surface area contributed by atoms with E-state index in [0.717, 1.165) is 23.5 Å². The molecule has 1 aromatic heterocycles. The van der Waals surface area contributed by atoms with Gasteiger partial charge in [0.05, 0.1) is 16.4 Å². The molecule has 0 saturated heterocycles. The molecule has 0 spiro atoms. The Morgan fingerprint density at radius 1 is 1.26 bits per heavy atom. The van der Waals surface area contributed by atoms with Crippen LogP contribution < -0.4 is 5.73 Å². The van der Waals surface area contributed by atoms with Crippen molar-refractivity contribution in [2.24, 2.45) is 5.73 Å². The van der Waals surface area contributed by atoms with Gasteiger partial charge in [0.15, 0.2) is 0 Å². The molecular weight excluding hydrogens is 281 g/mol. The largest absolute Gasteiger partial charge is 0.324 e. The maximum atomic E-state index is 6.29. The normalized spacial score (nSPS) is 12.7. The monoisotopic (exact) mass is 297 g/mol. The van der Waals surface area contributed by atoms with E-state index in [4.69, 9.17) is 28.9 Å². The maximum absolute atomic E-state index is 6.29. The van der Waals surface area contributed by atoms with E-state index in [1.165, 1.54) is 0 Å². The van der Waals surface area contributed by atoms with E-state index in [2.05, 4.69) is 5.10 Å². The number of benzene rings is 1. The fourth-order valence-electron chi connectivity index (χ4n) is 2.10. The third kappa shape index (κ3) is 3.11. The number of halogens is 2. The summed E-state index contributed by atoms with van der Waals surface area (Å²) in [5.74, 6) is 0. The summed E-state index contributed by atoms with van der Waals surface area (Å²) in [6.45, 7) is 4.74. The van der Waals surface area contributed by atoms with E-state index in [-0.39, 0.29) is 6.04 Å². The van der Waals surface area contributed by atoms with Gasteiger partial charge in [-0.15, -0.1) is 0 Å². The molecule has 0 radical (unpaired) electrons. The Bertz CT molecular complexity index is 561. The van der Waals surface area contributed by atoms with Gasteiger partial charge in [0.2, 0.25) is 0 Å². The Hall–Kier alpha value is -1.03. The van der Waals surface area contributed by atoms with Gasteiger partial charge in [0.1, 0.15) is 0 Å². The lowest BCUT2D eigenvalue weighted by molar-refractivity contribution is 0.587. The van der Waals surface area contributed by atoms with E-state index in [0.29, 0.717) is 16.5 Å². The predicted octanol–water partition coefficient (Wildman–Crippen LogP) is 3.76. The number of nitrogens with two attached hydrogens (primary N) is 1. The third-order valence-electron chi connectivity index (χ3n) is 3.16. The Morgan fingerprint density at radius 3 is 2.47 bits per heavy atom. The molecule has 0 saturated carbocycles. The van der Waals surface area contributed by atoms with Crippen LogP contribution in [0.25, 0.3) is 0 Å². The van der Waals surface area contributed by atoms with Crippen LogP contribution in [-0.2, 0) is 13.0 Å². The van der Waals surface area contributed by atoms with Gasteiger partial charge in [-0.1, -0.05) is 35.3 Å². The Kier molecular flexibility index (Phi) is 4.50.